The molecule has 31 heavy (non-hydrogen) atoms. The molecule has 0 saturated heterocycles. The predicted octanol–water partition coefficient (Wildman–Crippen LogP) is 2.85. The van der Waals surface area contributed by atoms with Crippen molar-refractivity contribution in [3.05, 3.63) is 36.2 Å². The number of nitrogens with zero attached hydrogens (tertiary/aromatic N) is 4. The van der Waals surface area contributed by atoms with Gasteiger partial charge in [0.15, 0.2) is 5.82 Å². The van der Waals surface area contributed by atoms with E-state index >= 15 is 0 Å². The van der Waals surface area contributed by atoms with E-state index in [4.69, 9.17) is 16.5 Å². The van der Waals surface area contributed by atoms with Gasteiger partial charge in [0, 0.05) is 30.3 Å². The van der Waals surface area contributed by atoms with E-state index in [-0.39, 0.29) is 17.8 Å². The molecule has 160 valence electrons. The van der Waals surface area contributed by atoms with Crippen LogP contribution in [0, 0.1) is 5.92 Å². The number of anilines is 2. The molecule has 6 N–H and O–H groups in total. The fraction of sp³-hybridized carbons (Fsp3) is 0.364. The SMILES string of the molecule is CC(=O)NC[C@H]1CC[C@H](c2nc(-c3cc4ccccc4[nH]3)c3c(N)nc(N)nn32)CC1. The van der Waals surface area contributed by atoms with E-state index in [9.17, 15) is 4.79 Å². The summed E-state index contributed by atoms with van der Waals surface area (Å²) in [5.41, 5.74) is 15.5. The molecule has 3 heterocycles. The Hall–Kier alpha value is -3.62. The highest BCUT2D eigenvalue weighted by atomic mass is 16.1. The second-order valence-corrected chi connectivity index (χ2v) is 8.36. The molecule has 0 spiro atoms. The molecule has 0 unspecified atom stereocenters. The zero-order chi connectivity index (χ0) is 21.5. The predicted molar refractivity (Wildman–Crippen MR) is 120 cm³/mol. The molecule has 9 nitrogen and oxygen atoms in total. The number of fused-ring (bicyclic) bond motifs is 2. The largest absolute Gasteiger partial charge is 0.382 e. The fourth-order valence-corrected chi connectivity index (χ4v) is 4.63. The minimum absolute atomic E-state index is 0.0204. The Morgan fingerprint density at radius 1 is 1.19 bits per heavy atom. The van der Waals surface area contributed by atoms with Crippen molar-refractivity contribution in [2.75, 3.05) is 18.0 Å². The molecule has 3 aromatic heterocycles. The second-order valence-electron chi connectivity index (χ2n) is 8.36. The Morgan fingerprint density at radius 3 is 2.71 bits per heavy atom. The lowest BCUT2D eigenvalue weighted by atomic mass is 9.81. The van der Waals surface area contributed by atoms with Crippen molar-refractivity contribution in [1.29, 1.82) is 0 Å². The average molecular weight is 419 g/mol. The van der Waals surface area contributed by atoms with Crippen LogP contribution in [0.15, 0.2) is 30.3 Å². The van der Waals surface area contributed by atoms with Crippen molar-refractivity contribution in [2.45, 2.75) is 38.5 Å². The van der Waals surface area contributed by atoms with E-state index in [0.29, 0.717) is 17.3 Å². The number of hydrogen-bond donors (Lipinski definition) is 4. The van der Waals surface area contributed by atoms with Crippen LogP contribution in [0.3, 0.4) is 0 Å². The van der Waals surface area contributed by atoms with E-state index in [1.807, 2.05) is 18.2 Å². The lowest BCUT2D eigenvalue weighted by Crippen LogP contribution is -2.29. The van der Waals surface area contributed by atoms with Crippen LogP contribution < -0.4 is 16.8 Å². The van der Waals surface area contributed by atoms with Crippen molar-refractivity contribution in [2.24, 2.45) is 5.92 Å². The first-order valence-corrected chi connectivity index (χ1v) is 10.6. The maximum atomic E-state index is 11.2. The second kappa shape index (κ2) is 7.57. The molecule has 1 aromatic carbocycles. The lowest BCUT2D eigenvalue weighted by Gasteiger charge is -2.27. The van der Waals surface area contributed by atoms with Crippen molar-refractivity contribution in [3.63, 3.8) is 0 Å². The Balaban J connectivity index is 1.53. The Labute approximate surface area is 179 Å². The van der Waals surface area contributed by atoms with Crippen molar-refractivity contribution >= 4 is 34.1 Å². The summed E-state index contributed by atoms with van der Waals surface area (Å²) in [6.45, 7) is 2.29. The van der Waals surface area contributed by atoms with Gasteiger partial charge >= 0.3 is 0 Å². The highest BCUT2D eigenvalue weighted by Crippen LogP contribution is 2.38. The van der Waals surface area contributed by atoms with Crippen LogP contribution in [0.5, 0.6) is 0 Å². The summed E-state index contributed by atoms with van der Waals surface area (Å²) in [4.78, 5) is 23.8. The van der Waals surface area contributed by atoms with Crippen molar-refractivity contribution < 1.29 is 4.79 Å². The van der Waals surface area contributed by atoms with E-state index in [0.717, 1.165) is 60.3 Å². The van der Waals surface area contributed by atoms with E-state index < -0.39 is 0 Å². The summed E-state index contributed by atoms with van der Waals surface area (Å²) in [6.07, 6.45) is 3.99. The molecule has 1 amide bonds. The van der Waals surface area contributed by atoms with Crippen LogP contribution in [0.25, 0.3) is 27.8 Å². The minimum atomic E-state index is 0.0204. The van der Waals surface area contributed by atoms with Crippen LogP contribution in [0.4, 0.5) is 11.8 Å². The molecule has 1 aliphatic carbocycles. The minimum Gasteiger partial charge on any atom is -0.382 e. The maximum Gasteiger partial charge on any atom is 0.240 e. The summed E-state index contributed by atoms with van der Waals surface area (Å²) < 4.78 is 1.78. The number of imidazole rings is 1. The van der Waals surface area contributed by atoms with Gasteiger partial charge in [-0.25, -0.2) is 9.50 Å². The third-order valence-electron chi connectivity index (χ3n) is 6.20. The topological polar surface area (TPSA) is 140 Å². The molecule has 0 radical (unpaired) electrons. The van der Waals surface area contributed by atoms with Crippen LogP contribution in [-0.4, -0.2) is 37.0 Å². The van der Waals surface area contributed by atoms with Gasteiger partial charge in [-0.2, -0.15) is 4.98 Å². The first-order chi connectivity index (χ1) is 15.0. The molecule has 9 heteroatoms. The molecule has 1 aliphatic rings. The third kappa shape index (κ3) is 3.56. The summed E-state index contributed by atoms with van der Waals surface area (Å²) in [5, 5.41) is 8.50. The van der Waals surface area contributed by atoms with Gasteiger partial charge in [0.25, 0.3) is 0 Å². The number of nitrogens with two attached hydrogens (primary N) is 2. The van der Waals surface area contributed by atoms with Gasteiger partial charge in [-0.1, -0.05) is 18.2 Å². The lowest BCUT2D eigenvalue weighted by molar-refractivity contribution is -0.119. The molecule has 1 fully saturated rings. The van der Waals surface area contributed by atoms with Crippen LogP contribution >= 0.6 is 0 Å². The molecule has 0 bridgehead atoms. The summed E-state index contributed by atoms with van der Waals surface area (Å²) in [7, 11) is 0. The number of carbonyl (C=O) groups excluding carboxylic acids is 1. The third-order valence-corrected chi connectivity index (χ3v) is 6.20. The monoisotopic (exact) mass is 418 g/mol. The molecular weight excluding hydrogens is 392 g/mol. The number of para-hydroxylation sites is 1. The van der Waals surface area contributed by atoms with E-state index in [2.05, 4.69) is 32.5 Å². The number of nitrogens with one attached hydrogen (secondary N) is 2. The number of benzene rings is 1. The van der Waals surface area contributed by atoms with Gasteiger partial charge in [0.2, 0.25) is 11.9 Å². The Kier molecular flexibility index (Phi) is 4.72. The number of aromatic nitrogens is 5. The van der Waals surface area contributed by atoms with E-state index in [1.165, 1.54) is 0 Å². The quantitative estimate of drug-likeness (QED) is 0.402. The number of H-pyrrole nitrogens is 1. The molecule has 4 aromatic rings. The van der Waals surface area contributed by atoms with Gasteiger partial charge in [0.05, 0.1) is 5.69 Å². The zero-order valence-electron chi connectivity index (χ0n) is 17.4. The van der Waals surface area contributed by atoms with Crippen molar-refractivity contribution in [1.82, 2.24) is 29.9 Å². The van der Waals surface area contributed by atoms with Crippen molar-refractivity contribution in [3.8, 4) is 11.4 Å². The first kappa shape index (κ1) is 19.3. The van der Waals surface area contributed by atoms with Crippen LogP contribution in [0.2, 0.25) is 0 Å². The first-order valence-electron chi connectivity index (χ1n) is 10.6. The molecule has 0 atom stereocenters. The number of rotatable bonds is 4. The molecule has 0 aliphatic heterocycles. The summed E-state index contributed by atoms with van der Waals surface area (Å²) in [6, 6.07) is 10.2. The fourth-order valence-electron chi connectivity index (χ4n) is 4.63. The summed E-state index contributed by atoms with van der Waals surface area (Å²) in [5.74, 6) is 2.07. The standard InChI is InChI=1S/C22H26N8O/c1-12(31)25-11-13-6-8-14(9-7-13)21-27-18(19-20(23)28-22(24)29-30(19)21)17-10-15-4-2-3-5-16(15)26-17/h2-5,10,13-14,26H,6-9,11H2,1H3,(H,25,31)(H4,23,24,28,29)/t13-,14-. The maximum absolute atomic E-state index is 11.2. The molecule has 1 saturated carbocycles. The number of aromatic amines is 1. The smallest absolute Gasteiger partial charge is 0.240 e. The molecular formula is C22H26N8O. The zero-order valence-corrected chi connectivity index (χ0v) is 17.4. The summed E-state index contributed by atoms with van der Waals surface area (Å²) >= 11 is 0. The van der Waals surface area contributed by atoms with Gasteiger partial charge in [-0.05, 0) is 43.7 Å². The van der Waals surface area contributed by atoms with Crippen LogP contribution in [-0.2, 0) is 4.79 Å². The number of hydrogen-bond acceptors (Lipinski definition) is 6. The van der Waals surface area contributed by atoms with Crippen LogP contribution in [0.1, 0.15) is 44.3 Å². The average Bonchev–Trinajstić information content (AvgIpc) is 3.34. The van der Waals surface area contributed by atoms with Gasteiger partial charge < -0.3 is 21.8 Å². The van der Waals surface area contributed by atoms with Gasteiger partial charge in [-0.15, -0.1) is 5.10 Å². The molecule has 5 rings (SSSR count). The Morgan fingerprint density at radius 2 is 1.97 bits per heavy atom. The number of carbonyl (C=O) groups is 1. The van der Waals surface area contributed by atoms with Gasteiger partial charge in [0.1, 0.15) is 17.0 Å². The van der Waals surface area contributed by atoms with Gasteiger partial charge in [-0.3, -0.25) is 4.79 Å². The number of nitrogen functional groups attached to an aromatic ring is 2. The van der Waals surface area contributed by atoms with E-state index in [1.54, 1.807) is 11.4 Å². The highest BCUT2D eigenvalue weighted by Gasteiger charge is 2.29. The highest BCUT2D eigenvalue weighted by molar-refractivity contribution is 5.91. The number of amides is 1. The normalized spacial score (nSPS) is 19.1. The Bertz CT molecular complexity index is 1230.